The first-order valence-corrected chi connectivity index (χ1v) is 4.64. The minimum absolute atomic E-state index is 0.130. The van der Waals surface area contributed by atoms with Crippen LogP contribution in [0.15, 0.2) is 16.5 Å². The van der Waals surface area contributed by atoms with Crippen molar-refractivity contribution in [2.75, 3.05) is 0 Å². The Morgan fingerprint density at radius 2 is 1.92 bits per heavy atom. The average molecular weight is 207 g/mol. The number of nitrogens with two attached hydrogens (primary N) is 3. The molecule has 0 aromatic heterocycles. The molecule has 74 valence electrons. The van der Waals surface area contributed by atoms with Crippen molar-refractivity contribution in [3.8, 4) is 0 Å². The lowest BCUT2D eigenvalue weighted by Crippen LogP contribution is -2.45. The predicted molar refractivity (Wildman–Crippen MR) is 45.5 cm³/mol. The van der Waals surface area contributed by atoms with Crippen molar-refractivity contribution in [2.24, 2.45) is 22.2 Å². The van der Waals surface area contributed by atoms with E-state index in [-0.39, 0.29) is 17.5 Å². The molecule has 0 bridgehead atoms. The lowest BCUT2D eigenvalue weighted by atomic mass is 10.4. The van der Waals surface area contributed by atoms with Gasteiger partial charge in [0.25, 0.3) is 10.1 Å². The van der Waals surface area contributed by atoms with Gasteiger partial charge in [-0.3, -0.25) is 4.55 Å². The van der Waals surface area contributed by atoms with Gasteiger partial charge in [-0.15, -0.1) is 0 Å². The van der Waals surface area contributed by atoms with Crippen molar-refractivity contribution >= 4 is 16.1 Å². The van der Waals surface area contributed by atoms with E-state index in [1.165, 1.54) is 0 Å². The minimum atomic E-state index is -4.41. The van der Waals surface area contributed by atoms with Crippen LogP contribution in [0.5, 0.6) is 0 Å². The van der Waals surface area contributed by atoms with Crippen molar-refractivity contribution in [3.05, 3.63) is 11.5 Å². The van der Waals surface area contributed by atoms with E-state index in [0.29, 0.717) is 0 Å². The van der Waals surface area contributed by atoms with Gasteiger partial charge in [-0.25, -0.2) is 4.99 Å². The fourth-order valence-electron chi connectivity index (χ4n) is 0.798. The summed E-state index contributed by atoms with van der Waals surface area (Å²) in [6, 6.07) is 0. The highest BCUT2D eigenvalue weighted by molar-refractivity contribution is 7.86. The van der Waals surface area contributed by atoms with E-state index >= 15 is 0 Å². The highest BCUT2D eigenvalue weighted by Gasteiger charge is 2.30. The van der Waals surface area contributed by atoms with E-state index < -0.39 is 15.5 Å². The molecule has 0 aliphatic carbocycles. The second kappa shape index (κ2) is 2.78. The molecular weight excluding hydrogens is 198 g/mol. The lowest BCUT2D eigenvalue weighted by molar-refractivity contribution is 0.472. The van der Waals surface area contributed by atoms with Gasteiger partial charge < -0.3 is 22.5 Å². The Bertz CT molecular complexity index is 383. The molecule has 13 heavy (non-hydrogen) atoms. The standard InChI is InChI=1S/C4H9N5O3S/c5-1-2(6)8-4(7)9-3(1)13(10,11)12/h3H,5-6H2,(H3,7,8,9)(H,10,11,12). The Balaban J connectivity index is 3.17. The molecule has 0 aromatic carbocycles. The largest absolute Gasteiger partial charge is 0.396 e. The third-order valence-electron chi connectivity index (χ3n) is 1.38. The molecule has 0 amide bonds. The average Bonchev–Trinajstić information content (AvgIpc) is 1.94. The van der Waals surface area contributed by atoms with Gasteiger partial charge in [0, 0.05) is 0 Å². The van der Waals surface area contributed by atoms with Gasteiger partial charge in [0.1, 0.15) is 5.82 Å². The van der Waals surface area contributed by atoms with Crippen LogP contribution in [0.3, 0.4) is 0 Å². The lowest BCUT2D eigenvalue weighted by Gasteiger charge is -2.19. The number of nitrogens with one attached hydrogen (secondary N) is 1. The SMILES string of the molecule is NC1=NC(S(=O)(=O)O)C(N)=C(N)N1. The molecule has 0 saturated heterocycles. The van der Waals surface area contributed by atoms with Crippen molar-refractivity contribution in [1.29, 1.82) is 0 Å². The molecule has 1 atom stereocenters. The zero-order valence-electron chi connectivity index (χ0n) is 6.43. The smallest absolute Gasteiger partial charge is 0.294 e. The molecule has 0 radical (unpaired) electrons. The molecular formula is C4H9N5O3S. The fraction of sp³-hybridized carbons (Fsp3) is 0.250. The van der Waals surface area contributed by atoms with Crippen LogP contribution >= 0.6 is 0 Å². The zero-order valence-corrected chi connectivity index (χ0v) is 7.25. The van der Waals surface area contributed by atoms with Gasteiger partial charge in [0.2, 0.25) is 5.37 Å². The second-order valence-corrected chi connectivity index (χ2v) is 3.85. The zero-order chi connectivity index (χ0) is 10.2. The summed E-state index contributed by atoms with van der Waals surface area (Å²) in [5.41, 5.74) is 15.4. The maximum absolute atomic E-state index is 10.7. The van der Waals surface area contributed by atoms with Crippen molar-refractivity contribution < 1.29 is 13.0 Å². The van der Waals surface area contributed by atoms with E-state index in [9.17, 15) is 8.42 Å². The van der Waals surface area contributed by atoms with E-state index in [0.717, 1.165) is 0 Å². The van der Waals surface area contributed by atoms with Crippen LogP contribution in [0.25, 0.3) is 0 Å². The third kappa shape index (κ3) is 1.81. The van der Waals surface area contributed by atoms with Gasteiger partial charge in [0.05, 0.1) is 5.70 Å². The third-order valence-corrected chi connectivity index (χ3v) is 2.30. The Hall–Kier alpha value is -1.48. The summed E-state index contributed by atoms with van der Waals surface area (Å²) in [7, 11) is -4.41. The first kappa shape index (κ1) is 9.61. The van der Waals surface area contributed by atoms with Gasteiger partial charge >= 0.3 is 0 Å². The summed E-state index contributed by atoms with van der Waals surface area (Å²) in [6.45, 7) is 0. The number of guanidine groups is 1. The Kier molecular flexibility index (Phi) is 2.05. The van der Waals surface area contributed by atoms with Gasteiger partial charge in [0.15, 0.2) is 5.96 Å². The fourth-order valence-corrected chi connectivity index (χ4v) is 1.49. The van der Waals surface area contributed by atoms with Crippen LogP contribution in [0, 0.1) is 0 Å². The summed E-state index contributed by atoms with van der Waals surface area (Å²) in [4.78, 5) is 3.37. The molecule has 8 N–H and O–H groups in total. The maximum atomic E-state index is 10.7. The van der Waals surface area contributed by atoms with Gasteiger partial charge in [-0.05, 0) is 0 Å². The summed E-state index contributed by atoms with van der Waals surface area (Å²) in [5, 5.41) is 0.699. The first-order valence-electron chi connectivity index (χ1n) is 3.14. The molecule has 0 spiro atoms. The summed E-state index contributed by atoms with van der Waals surface area (Å²) < 4.78 is 30.0. The monoisotopic (exact) mass is 207 g/mol. The van der Waals surface area contributed by atoms with Crippen LogP contribution in [-0.4, -0.2) is 24.3 Å². The van der Waals surface area contributed by atoms with E-state index in [1.807, 2.05) is 0 Å². The summed E-state index contributed by atoms with van der Waals surface area (Å²) in [6.07, 6.45) is 0. The van der Waals surface area contributed by atoms with Crippen LogP contribution in [0.2, 0.25) is 0 Å². The normalized spacial score (nSPS) is 23.8. The Morgan fingerprint density at radius 1 is 1.38 bits per heavy atom. The summed E-state index contributed by atoms with van der Waals surface area (Å²) >= 11 is 0. The van der Waals surface area contributed by atoms with Gasteiger partial charge in [-0.1, -0.05) is 0 Å². The molecule has 0 fully saturated rings. The number of hydrogen-bond acceptors (Lipinski definition) is 7. The molecule has 1 heterocycles. The predicted octanol–water partition coefficient (Wildman–Crippen LogP) is -2.80. The topological polar surface area (TPSA) is 157 Å². The molecule has 1 unspecified atom stereocenters. The summed E-state index contributed by atoms with van der Waals surface area (Å²) in [5.74, 6) is -0.343. The quantitative estimate of drug-likeness (QED) is 0.291. The van der Waals surface area contributed by atoms with Crippen molar-refractivity contribution in [1.82, 2.24) is 5.32 Å². The molecule has 0 saturated carbocycles. The molecule has 0 aromatic rings. The Morgan fingerprint density at radius 3 is 2.38 bits per heavy atom. The van der Waals surface area contributed by atoms with Gasteiger partial charge in [-0.2, -0.15) is 8.42 Å². The highest BCUT2D eigenvalue weighted by atomic mass is 32.2. The highest BCUT2D eigenvalue weighted by Crippen LogP contribution is 2.11. The minimum Gasteiger partial charge on any atom is -0.396 e. The second-order valence-electron chi connectivity index (χ2n) is 2.38. The van der Waals surface area contributed by atoms with Crippen molar-refractivity contribution in [2.45, 2.75) is 5.37 Å². The van der Waals surface area contributed by atoms with Crippen molar-refractivity contribution in [3.63, 3.8) is 0 Å². The molecule has 1 aliphatic rings. The number of rotatable bonds is 1. The number of aliphatic imine (C=N–C) groups is 1. The maximum Gasteiger partial charge on any atom is 0.294 e. The molecule has 8 nitrogen and oxygen atoms in total. The van der Waals surface area contributed by atoms with Crippen LogP contribution in [0.1, 0.15) is 0 Å². The van der Waals surface area contributed by atoms with Crippen LogP contribution in [0.4, 0.5) is 0 Å². The van der Waals surface area contributed by atoms with Crippen LogP contribution < -0.4 is 22.5 Å². The number of hydrogen-bond donors (Lipinski definition) is 5. The molecule has 1 aliphatic heterocycles. The van der Waals surface area contributed by atoms with E-state index in [2.05, 4.69) is 10.3 Å². The molecule has 1 rings (SSSR count). The number of nitrogens with zero attached hydrogens (tertiary/aromatic N) is 1. The molecule has 9 heteroatoms. The first-order chi connectivity index (χ1) is 5.82. The Labute approximate surface area is 74.2 Å². The van der Waals surface area contributed by atoms with E-state index in [4.69, 9.17) is 21.8 Å². The van der Waals surface area contributed by atoms with Crippen LogP contribution in [-0.2, 0) is 10.1 Å². The van der Waals surface area contributed by atoms with E-state index in [1.54, 1.807) is 0 Å².